The Morgan fingerprint density at radius 3 is 2.55 bits per heavy atom. The monoisotopic (exact) mass is 442 g/mol. The molecule has 2 N–H and O–H groups in total. The summed E-state index contributed by atoms with van der Waals surface area (Å²) in [6.45, 7) is 5.61. The van der Waals surface area contributed by atoms with Crippen LogP contribution in [-0.4, -0.2) is 29.6 Å². The lowest BCUT2D eigenvalue weighted by molar-refractivity contribution is -0.116. The highest BCUT2D eigenvalue weighted by molar-refractivity contribution is 7.92. The number of nitrogens with zero attached hydrogens (tertiary/aromatic N) is 2. The molecule has 1 amide bonds. The summed E-state index contributed by atoms with van der Waals surface area (Å²) in [5.41, 5.74) is 2.95. The third-order valence-electron chi connectivity index (χ3n) is 4.98. The van der Waals surface area contributed by atoms with Gasteiger partial charge in [0.2, 0.25) is 15.9 Å². The van der Waals surface area contributed by atoms with Gasteiger partial charge in [0, 0.05) is 18.7 Å². The van der Waals surface area contributed by atoms with E-state index in [9.17, 15) is 18.0 Å². The summed E-state index contributed by atoms with van der Waals surface area (Å²) >= 11 is 0. The van der Waals surface area contributed by atoms with Gasteiger partial charge in [0.15, 0.2) is 0 Å². The molecule has 0 radical (unpaired) electrons. The van der Waals surface area contributed by atoms with Crippen LogP contribution in [0.1, 0.15) is 30.9 Å². The van der Waals surface area contributed by atoms with Gasteiger partial charge in [-0.05, 0) is 49.6 Å². The predicted molar refractivity (Wildman–Crippen MR) is 123 cm³/mol. The lowest BCUT2D eigenvalue weighted by Gasteiger charge is -2.14. The van der Waals surface area contributed by atoms with Crippen molar-refractivity contribution in [2.45, 2.75) is 40.2 Å². The number of para-hydroxylation sites is 1. The van der Waals surface area contributed by atoms with Crippen molar-refractivity contribution in [3.8, 4) is 0 Å². The van der Waals surface area contributed by atoms with Gasteiger partial charge in [0.05, 0.1) is 28.7 Å². The van der Waals surface area contributed by atoms with Gasteiger partial charge < -0.3 is 5.32 Å². The predicted octanol–water partition coefficient (Wildman–Crippen LogP) is 3.19. The summed E-state index contributed by atoms with van der Waals surface area (Å²) in [6, 6.07) is 10.5. The Morgan fingerprint density at radius 2 is 1.81 bits per heavy atom. The molecule has 164 valence electrons. The molecule has 0 bridgehead atoms. The van der Waals surface area contributed by atoms with Gasteiger partial charge in [0.1, 0.15) is 0 Å². The van der Waals surface area contributed by atoms with Gasteiger partial charge in [0.25, 0.3) is 5.56 Å². The first-order valence-corrected chi connectivity index (χ1v) is 11.7. The molecule has 3 aromatic rings. The van der Waals surface area contributed by atoms with Crippen LogP contribution in [0.2, 0.25) is 0 Å². The summed E-state index contributed by atoms with van der Waals surface area (Å²) in [6.07, 6.45) is 2.04. The molecule has 0 spiro atoms. The number of hydrogen-bond acceptors (Lipinski definition) is 5. The average molecular weight is 443 g/mol. The minimum absolute atomic E-state index is 0.0249. The molecule has 9 heteroatoms. The van der Waals surface area contributed by atoms with E-state index >= 15 is 0 Å². The highest BCUT2D eigenvalue weighted by Crippen LogP contribution is 2.24. The van der Waals surface area contributed by atoms with Crippen LogP contribution < -0.4 is 15.6 Å². The third-order valence-corrected chi connectivity index (χ3v) is 6.46. The zero-order valence-electron chi connectivity index (χ0n) is 17.8. The van der Waals surface area contributed by atoms with Crippen molar-refractivity contribution >= 4 is 38.2 Å². The molecule has 0 saturated heterocycles. The molecule has 8 nitrogen and oxygen atoms in total. The van der Waals surface area contributed by atoms with Gasteiger partial charge in [-0.15, -0.1) is 0 Å². The van der Waals surface area contributed by atoms with Crippen LogP contribution in [0.4, 0.5) is 11.4 Å². The molecule has 1 heterocycles. The summed E-state index contributed by atoms with van der Waals surface area (Å²) < 4.78 is 28.1. The van der Waals surface area contributed by atoms with Gasteiger partial charge in [-0.3, -0.25) is 18.9 Å². The summed E-state index contributed by atoms with van der Waals surface area (Å²) in [7, 11) is -3.43. The van der Waals surface area contributed by atoms with E-state index in [2.05, 4.69) is 15.0 Å². The van der Waals surface area contributed by atoms with Gasteiger partial charge >= 0.3 is 0 Å². The van der Waals surface area contributed by atoms with E-state index in [1.54, 1.807) is 38.1 Å². The largest absolute Gasteiger partial charge is 0.326 e. The molecular formula is C22H26N4O4S. The first kappa shape index (κ1) is 22.5. The topological polar surface area (TPSA) is 110 Å². The fourth-order valence-electron chi connectivity index (χ4n) is 3.30. The number of rotatable bonds is 8. The van der Waals surface area contributed by atoms with Crippen molar-refractivity contribution in [2.75, 3.05) is 15.8 Å². The van der Waals surface area contributed by atoms with Crippen molar-refractivity contribution in [3.05, 3.63) is 64.2 Å². The molecule has 31 heavy (non-hydrogen) atoms. The molecule has 2 aromatic carbocycles. The Kier molecular flexibility index (Phi) is 6.74. The number of benzene rings is 2. The number of aromatic nitrogens is 2. The molecule has 0 aliphatic heterocycles. The third kappa shape index (κ3) is 5.29. The van der Waals surface area contributed by atoms with E-state index < -0.39 is 10.0 Å². The van der Waals surface area contributed by atoms with Crippen LogP contribution in [0.25, 0.3) is 10.9 Å². The second kappa shape index (κ2) is 9.30. The van der Waals surface area contributed by atoms with Crippen molar-refractivity contribution in [1.29, 1.82) is 0 Å². The van der Waals surface area contributed by atoms with E-state index in [0.29, 0.717) is 34.3 Å². The second-order valence-corrected chi connectivity index (χ2v) is 9.25. The smallest absolute Gasteiger partial charge is 0.261 e. The number of carbonyl (C=O) groups is 1. The molecule has 0 saturated carbocycles. The Hall–Kier alpha value is -3.20. The van der Waals surface area contributed by atoms with Gasteiger partial charge in [-0.25, -0.2) is 13.4 Å². The molecule has 0 unspecified atom stereocenters. The van der Waals surface area contributed by atoms with E-state index in [1.165, 1.54) is 10.9 Å². The lowest BCUT2D eigenvalue weighted by Crippen LogP contribution is -2.24. The number of carbonyl (C=O) groups excluding carboxylic acids is 1. The quantitative estimate of drug-likeness (QED) is 0.557. The Morgan fingerprint density at radius 1 is 1.10 bits per heavy atom. The van der Waals surface area contributed by atoms with Gasteiger partial charge in [-0.2, -0.15) is 0 Å². The number of anilines is 2. The molecular weight excluding hydrogens is 416 g/mol. The minimum atomic E-state index is -3.43. The minimum Gasteiger partial charge on any atom is -0.326 e. The highest BCUT2D eigenvalue weighted by Gasteiger charge is 2.14. The average Bonchev–Trinajstić information content (AvgIpc) is 2.71. The standard InChI is InChI=1S/C22H26N4O4S/c1-4-13-31(29,30)25-19-10-6-9-18(16(19)3)24-20(27)11-12-26-14-23-21-15(2)7-5-8-17(21)22(26)28/h5-10,14,25H,4,11-13H2,1-3H3,(H,24,27). The zero-order valence-corrected chi connectivity index (χ0v) is 18.6. The maximum absolute atomic E-state index is 12.7. The molecule has 1 aromatic heterocycles. The fraction of sp³-hybridized carbons (Fsp3) is 0.318. The second-order valence-electron chi connectivity index (χ2n) is 7.41. The molecule has 0 atom stereocenters. The van der Waals surface area contributed by atoms with E-state index in [1.807, 2.05) is 19.1 Å². The van der Waals surface area contributed by atoms with Crippen LogP contribution in [0, 0.1) is 13.8 Å². The van der Waals surface area contributed by atoms with Crippen LogP contribution in [0.15, 0.2) is 47.5 Å². The van der Waals surface area contributed by atoms with Gasteiger partial charge in [-0.1, -0.05) is 25.1 Å². The number of fused-ring (bicyclic) bond motifs is 1. The zero-order chi connectivity index (χ0) is 22.6. The first-order valence-electron chi connectivity index (χ1n) is 10.1. The van der Waals surface area contributed by atoms with E-state index in [0.717, 1.165) is 5.56 Å². The summed E-state index contributed by atoms with van der Waals surface area (Å²) in [4.78, 5) is 29.5. The van der Waals surface area contributed by atoms with Crippen molar-refractivity contribution in [1.82, 2.24) is 9.55 Å². The number of sulfonamides is 1. The molecule has 0 aliphatic rings. The van der Waals surface area contributed by atoms with Crippen LogP contribution >= 0.6 is 0 Å². The normalized spacial score (nSPS) is 11.5. The Bertz CT molecular complexity index is 1280. The summed E-state index contributed by atoms with van der Waals surface area (Å²) in [5.74, 6) is -0.259. The Balaban J connectivity index is 1.71. The van der Waals surface area contributed by atoms with Crippen LogP contribution in [0.5, 0.6) is 0 Å². The fourth-order valence-corrected chi connectivity index (χ4v) is 4.50. The molecule has 0 aliphatic carbocycles. The number of amides is 1. The van der Waals surface area contributed by atoms with Crippen molar-refractivity contribution < 1.29 is 13.2 Å². The van der Waals surface area contributed by atoms with E-state index in [-0.39, 0.29) is 30.2 Å². The number of nitrogens with one attached hydrogen (secondary N) is 2. The summed E-state index contributed by atoms with van der Waals surface area (Å²) in [5, 5.41) is 3.31. The number of aryl methyl sites for hydroxylation is 2. The SMILES string of the molecule is CCCS(=O)(=O)Nc1cccc(NC(=O)CCn2cnc3c(C)cccc3c2=O)c1C. The van der Waals surface area contributed by atoms with Crippen molar-refractivity contribution in [2.24, 2.45) is 0 Å². The molecule has 0 fully saturated rings. The molecule has 3 rings (SSSR count). The highest BCUT2D eigenvalue weighted by atomic mass is 32.2. The van der Waals surface area contributed by atoms with Crippen LogP contribution in [-0.2, 0) is 21.4 Å². The Labute approximate surface area is 181 Å². The number of hydrogen-bond donors (Lipinski definition) is 2. The maximum atomic E-state index is 12.7. The van der Waals surface area contributed by atoms with Crippen molar-refractivity contribution in [3.63, 3.8) is 0 Å². The first-order chi connectivity index (χ1) is 14.7. The van der Waals surface area contributed by atoms with Crippen LogP contribution in [0.3, 0.4) is 0 Å². The maximum Gasteiger partial charge on any atom is 0.261 e. The van der Waals surface area contributed by atoms with E-state index in [4.69, 9.17) is 0 Å². The lowest BCUT2D eigenvalue weighted by atomic mass is 10.1.